The third kappa shape index (κ3) is 2.53. The van der Waals surface area contributed by atoms with Gasteiger partial charge in [-0.05, 0) is 43.3 Å². The molecule has 3 rings (SSSR count). The molecule has 2 aromatic carbocycles. The second kappa shape index (κ2) is 5.52. The van der Waals surface area contributed by atoms with Gasteiger partial charge >= 0.3 is 0 Å². The first kappa shape index (κ1) is 14.1. The zero-order chi connectivity index (χ0) is 15.7. The van der Waals surface area contributed by atoms with E-state index in [0.717, 1.165) is 22.5 Å². The maximum absolute atomic E-state index is 12.5. The monoisotopic (exact) mass is 295 g/mol. The molecule has 5 nitrogen and oxygen atoms in total. The summed E-state index contributed by atoms with van der Waals surface area (Å²) in [5.41, 5.74) is 2.58. The van der Waals surface area contributed by atoms with E-state index < -0.39 is 0 Å². The number of hydrogen-bond donors (Lipinski definition) is 1. The van der Waals surface area contributed by atoms with E-state index in [2.05, 4.69) is 4.98 Å². The predicted molar refractivity (Wildman–Crippen MR) is 86.0 cm³/mol. The number of benzene rings is 2. The Morgan fingerprint density at radius 1 is 1.18 bits per heavy atom. The van der Waals surface area contributed by atoms with E-state index in [-0.39, 0.29) is 18.2 Å². The molecular weight excluding hydrogens is 278 g/mol. The number of amides is 1. The molecule has 0 bridgehead atoms. The zero-order valence-electron chi connectivity index (χ0n) is 12.5. The van der Waals surface area contributed by atoms with Crippen molar-refractivity contribution >= 4 is 22.6 Å². The van der Waals surface area contributed by atoms with Crippen LogP contribution in [0.3, 0.4) is 0 Å². The summed E-state index contributed by atoms with van der Waals surface area (Å²) in [5.74, 6) is 0.951. The van der Waals surface area contributed by atoms with Crippen LogP contribution in [0.1, 0.15) is 5.82 Å². The van der Waals surface area contributed by atoms with Crippen molar-refractivity contribution in [3.05, 3.63) is 54.4 Å². The Kier molecular flexibility index (Phi) is 3.55. The standard InChI is InChI=1S/C17H17N3O2/c1-12-18-15-5-3-4-6-16(15)20(12)11-17(22)19(2)13-7-9-14(21)10-8-13/h3-10,21H,11H2,1-2H3. The number of aromatic hydroxyl groups is 1. The first-order valence-electron chi connectivity index (χ1n) is 7.04. The van der Waals surface area contributed by atoms with Crippen molar-refractivity contribution in [2.24, 2.45) is 0 Å². The zero-order valence-corrected chi connectivity index (χ0v) is 12.5. The summed E-state index contributed by atoms with van der Waals surface area (Å²) in [6.07, 6.45) is 0. The van der Waals surface area contributed by atoms with Crippen molar-refractivity contribution in [1.82, 2.24) is 9.55 Å². The Hall–Kier alpha value is -2.82. The van der Waals surface area contributed by atoms with Crippen LogP contribution in [-0.4, -0.2) is 27.6 Å². The molecule has 0 saturated carbocycles. The lowest BCUT2D eigenvalue weighted by molar-refractivity contribution is -0.118. The predicted octanol–water partition coefficient (Wildman–Crippen LogP) is 2.71. The molecule has 0 atom stereocenters. The molecule has 1 N–H and O–H groups in total. The van der Waals surface area contributed by atoms with Gasteiger partial charge in [-0.2, -0.15) is 0 Å². The molecule has 0 fully saturated rings. The van der Waals surface area contributed by atoms with E-state index in [1.807, 2.05) is 35.8 Å². The van der Waals surface area contributed by atoms with Crippen molar-refractivity contribution < 1.29 is 9.90 Å². The molecule has 112 valence electrons. The highest BCUT2D eigenvalue weighted by Gasteiger charge is 2.15. The number of phenols is 1. The molecule has 0 aliphatic heterocycles. The number of likely N-dealkylation sites (N-methyl/N-ethyl adjacent to an activating group) is 1. The molecule has 5 heteroatoms. The Morgan fingerprint density at radius 3 is 2.59 bits per heavy atom. The average Bonchev–Trinajstić information content (AvgIpc) is 2.83. The first-order chi connectivity index (χ1) is 10.6. The molecule has 1 heterocycles. The van der Waals surface area contributed by atoms with Gasteiger partial charge in [-0.25, -0.2) is 4.98 Å². The van der Waals surface area contributed by atoms with Crippen LogP contribution in [0.5, 0.6) is 5.75 Å². The van der Waals surface area contributed by atoms with Gasteiger partial charge in [0.25, 0.3) is 0 Å². The number of rotatable bonds is 3. The minimum atomic E-state index is -0.0445. The first-order valence-corrected chi connectivity index (χ1v) is 7.04. The van der Waals surface area contributed by atoms with Crippen LogP contribution in [0.25, 0.3) is 11.0 Å². The lowest BCUT2D eigenvalue weighted by Crippen LogP contribution is -2.30. The Bertz CT molecular complexity index is 822. The van der Waals surface area contributed by atoms with Crippen molar-refractivity contribution in [3.8, 4) is 5.75 Å². The van der Waals surface area contributed by atoms with Crippen molar-refractivity contribution in [2.75, 3.05) is 11.9 Å². The highest BCUT2D eigenvalue weighted by Crippen LogP contribution is 2.19. The largest absolute Gasteiger partial charge is 0.508 e. The third-order valence-electron chi connectivity index (χ3n) is 3.75. The second-order valence-corrected chi connectivity index (χ2v) is 5.20. The number of carbonyl (C=O) groups is 1. The molecule has 3 aromatic rings. The summed E-state index contributed by atoms with van der Waals surface area (Å²) in [7, 11) is 1.73. The van der Waals surface area contributed by atoms with Gasteiger partial charge in [-0.1, -0.05) is 12.1 Å². The fraction of sp³-hybridized carbons (Fsp3) is 0.176. The number of fused-ring (bicyclic) bond motifs is 1. The maximum Gasteiger partial charge on any atom is 0.246 e. The topological polar surface area (TPSA) is 58.4 Å². The molecule has 1 amide bonds. The van der Waals surface area contributed by atoms with Gasteiger partial charge in [-0.3, -0.25) is 4.79 Å². The third-order valence-corrected chi connectivity index (χ3v) is 3.75. The van der Waals surface area contributed by atoms with Gasteiger partial charge in [0.2, 0.25) is 5.91 Å². The lowest BCUT2D eigenvalue weighted by Gasteiger charge is -2.18. The van der Waals surface area contributed by atoms with Crippen LogP contribution in [0, 0.1) is 6.92 Å². The number of carbonyl (C=O) groups excluding carboxylic acids is 1. The number of aryl methyl sites for hydroxylation is 1. The smallest absolute Gasteiger partial charge is 0.246 e. The van der Waals surface area contributed by atoms with Gasteiger partial charge in [0.1, 0.15) is 18.1 Å². The van der Waals surface area contributed by atoms with E-state index in [9.17, 15) is 9.90 Å². The number of para-hydroxylation sites is 2. The van der Waals surface area contributed by atoms with E-state index in [1.54, 1.807) is 36.2 Å². The number of nitrogens with zero attached hydrogens (tertiary/aromatic N) is 3. The summed E-state index contributed by atoms with van der Waals surface area (Å²) < 4.78 is 1.91. The summed E-state index contributed by atoms with van der Waals surface area (Å²) in [6, 6.07) is 14.3. The minimum Gasteiger partial charge on any atom is -0.508 e. The fourth-order valence-corrected chi connectivity index (χ4v) is 2.46. The highest BCUT2D eigenvalue weighted by molar-refractivity contribution is 5.93. The van der Waals surface area contributed by atoms with E-state index in [0.29, 0.717) is 0 Å². The SMILES string of the molecule is Cc1nc2ccccc2n1CC(=O)N(C)c1ccc(O)cc1. The summed E-state index contributed by atoms with van der Waals surface area (Å²) in [5, 5.41) is 9.32. The summed E-state index contributed by atoms with van der Waals surface area (Å²) >= 11 is 0. The van der Waals surface area contributed by atoms with Crippen LogP contribution in [0.4, 0.5) is 5.69 Å². The van der Waals surface area contributed by atoms with Crippen molar-refractivity contribution in [1.29, 1.82) is 0 Å². The van der Waals surface area contributed by atoms with Crippen LogP contribution < -0.4 is 4.90 Å². The quantitative estimate of drug-likeness (QED) is 0.808. The van der Waals surface area contributed by atoms with E-state index in [1.165, 1.54) is 0 Å². The Labute approximate surface area is 128 Å². The molecule has 0 radical (unpaired) electrons. The highest BCUT2D eigenvalue weighted by atomic mass is 16.3. The van der Waals surface area contributed by atoms with Crippen LogP contribution in [-0.2, 0) is 11.3 Å². The van der Waals surface area contributed by atoms with E-state index >= 15 is 0 Å². The molecule has 0 aliphatic carbocycles. The molecule has 0 aliphatic rings. The number of phenolic OH excluding ortho intramolecular Hbond substituents is 1. The van der Waals surface area contributed by atoms with Crippen molar-refractivity contribution in [3.63, 3.8) is 0 Å². The number of aromatic nitrogens is 2. The Balaban J connectivity index is 1.86. The maximum atomic E-state index is 12.5. The van der Waals surface area contributed by atoms with Gasteiger partial charge in [0.15, 0.2) is 0 Å². The van der Waals surface area contributed by atoms with Crippen LogP contribution >= 0.6 is 0 Å². The molecular formula is C17H17N3O2. The number of anilines is 1. The van der Waals surface area contributed by atoms with E-state index in [4.69, 9.17) is 0 Å². The average molecular weight is 295 g/mol. The van der Waals surface area contributed by atoms with Crippen LogP contribution in [0.2, 0.25) is 0 Å². The molecule has 0 unspecified atom stereocenters. The number of hydrogen-bond acceptors (Lipinski definition) is 3. The number of imidazole rings is 1. The van der Waals surface area contributed by atoms with Gasteiger partial charge < -0.3 is 14.6 Å². The summed E-state index contributed by atoms with van der Waals surface area (Å²) in [6.45, 7) is 2.12. The van der Waals surface area contributed by atoms with Gasteiger partial charge in [0, 0.05) is 12.7 Å². The molecule has 0 spiro atoms. The molecule has 22 heavy (non-hydrogen) atoms. The van der Waals surface area contributed by atoms with Crippen molar-refractivity contribution in [2.45, 2.75) is 13.5 Å². The van der Waals surface area contributed by atoms with Crippen LogP contribution in [0.15, 0.2) is 48.5 Å². The van der Waals surface area contributed by atoms with Gasteiger partial charge in [0.05, 0.1) is 11.0 Å². The normalized spacial score (nSPS) is 10.8. The minimum absolute atomic E-state index is 0.0445. The fourth-order valence-electron chi connectivity index (χ4n) is 2.46. The molecule has 1 aromatic heterocycles. The molecule has 0 saturated heterocycles. The lowest BCUT2D eigenvalue weighted by atomic mass is 10.2. The second-order valence-electron chi connectivity index (χ2n) is 5.20. The van der Waals surface area contributed by atoms with Gasteiger partial charge in [-0.15, -0.1) is 0 Å². The summed E-state index contributed by atoms with van der Waals surface area (Å²) in [4.78, 5) is 18.6. The Morgan fingerprint density at radius 2 is 1.86 bits per heavy atom.